The minimum absolute atomic E-state index is 0.277. The third kappa shape index (κ3) is 2.35. The minimum atomic E-state index is -0.914. The van der Waals surface area contributed by atoms with E-state index in [-0.39, 0.29) is 5.56 Å². The number of hydrogen-bond acceptors (Lipinski definition) is 2. The highest BCUT2D eigenvalue weighted by Gasteiger charge is 2.27. The van der Waals surface area contributed by atoms with Crippen LogP contribution in [0.2, 0.25) is 0 Å². The Bertz CT molecular complexity index is 387. The average Bonchev–Trinajstić information content (AvgIpc) is 2.27. The molecule has 2 unspecified atom stereocenters. The van der Waals surface area contributed by atoms with E-state index in [1.807, 2.05) is 0 Å². The molecule has 16 heavy (non-hydrogen) atoms. The van der Waals surface area contributed by atoms with Crippen molar-refractivity contribution in [3.8, 4) is 5.75 Å². The van der Waals surface area contributed by atoms with Gasteiger partial charge in [0.2, 0.25) is 0 Å². The fourth-order valence-electron chi connectivity index (χ4n) is 1.91. The molecule has 1 aromatic carbocycles. The summed E-state index contributed by atoms with van der Waals surface area (Å²) in [5.41, 5.74) is 0.277. The lowest BCUT2D eigenvalue weighted by molar-refractivity contribution is 0.0695. The number of carbonyl (C=O) groups is 1. The molecule has 1 saturated carbocycles. The zero-order valence-corrected chi connectivity index (χ0v) is 9.35. The molecule has 0 radical (unpaired) electrons. The van der Waals surface area contributed by atoms with Crippen LogP contribution in [-0.2, 0) is 0 Å². The van der Waals surface area contributed by atoms with Crippen molar-refractivity contribution in [1.29, 1.82) is 0 Å². The quantitative estimate of drug-likeness (QED) is 0.848. The third-order valence-electron chi connectivity index (χ3n) is 3.34. The Balaban J connectivity index is 1.93. The Kier molecular flexibility index (Phi) is 3.13. The first-order chi connectivity index (χ1) is 7.66. The lowest BCUT2D eigenvalue weighted by Gasteiger charge is -2.33. The van der Waals surface area contributed by atoms with Gasteiger partial charge in [0.15, 0.2) is 0 Å². The Morgan fingerprint density at radius 2 is 2.31 bits per heavy atom. The van der Waals surface area contributed by atoms with E-state index in [0.29, 0.717) is 18.3 Å². The van der Waals surface area contributed by atoms with Gasteiger partial charge in [-0.3, -0.25) is 0 Å². The second kappa shape index (κ2) is 4.56. The van der Waals surface area contributed by atoms with Crippen molar-refractivity contribution in [2.75, 3.05) is 6.61 Å². The molecule has 0 bridgehead atoms. The monoisotopic (exact) mass is 220 g/mol. The highest BCUT2D eigenvalue weighted by Crippen LogP contribution is 2.33. The van der Waals surface area contributed by atoms with Gasteiger partial charge in [0.1, 0.15) is 5.75 Å². The van der Waals surface area contributed by atoms with Crippen LogP contribution in [0.25, 0.3) is 0 Å². The van der Waals surface area contributed by atoms with E-state index in [1.54, 1.807) is 24.3 Å². The predicted molar refractivity (Wildman–Crippen MR) is 60.8 cm³/mol. The smallest absolute Gasteiger partial charge is 0.335 e. The van der Waals surface area contributed by atoms with Gasteiger partial charge in [-0.1, -0.05) is 13.0 Å². The van der Waals surface area contributed by atoms with E-state index in [9.17, 15) is 4.79 Å². The molecule has 3 heteroatoms. The number of carboxylic acids is 1. The lowest BCUT2D eigenvalue weighted by atomic mass is 9.75. The van der Waals surface area contributed by atoms with Crippen LogP contribution < -0.4 is 4.74 Å². The summed E-state index contributed by atoms with van der Waals surface area (Å²) in [4.78, 5) is 10.8. The Hall–Kier alpha value is -1.51. The molecular formula is C13H16O3. The minimum Gasteiger partial charge on any atom is -0.493 e. The molecule has 2 rings (SSSR count). The summed E-state index contributed by atoms with van der Waals surface area (Å²) in [6, 6.07) is 6.66. The van der Waals surface area contributed by atoms with Gasteiger partial charge in [-0.15, -0.1) is 0 Å². The molecule has 1 aromatic rings. The predicted octanol–water partition coefficient (Wildman–Crippen LogP) is 2.81. The second-order valence-electron chi connectivity index (χ2n) is 4.46. The average molecular weight is 220 g/mol. The number of rotatable bonds is 4. The lowest BCUT2D eigenvalue weighted by Crippen LogP contribution is -2.28. The molecular weight excluding hydrogens is 204 g/mol. The highest BCUT2D eigenvalue weighted by molar-refractivity contribution is 5.87. The van der Waals surface area contributed by atoms with E-state index in [4.69, 9.17) is 9.84 Å². The first kappa shape index (κ1) is 11.0. The maximum atomic E-state index is 10.8. The number of benzene rings is 1. The molecule has 1 aliphatic rings. The van der Waals surface area contributed by atoms with Crippen molar-refractivity contribution in [2.24, 2.45) is 11.8 Å². The molecule has 0 heterocycles. The first-order valence-corrected chi connectivity index (χ1v) is 5.63. The molecule has 0 saturated heterocycles. The maximum Gasteiger partial charge on any atom is 0.335 e. The van der Waals surface area contributed by atoms with Crippen molar-refractivity contribution < 1.29 is 14.6 Å². The molecule has 0 aliphatic heterocycles. The van der Waals surface area contributed by atoms with Crippen molar-refractivity contribution in [3.05, 3.63) is 29.8 Å². The molecule has 1 fully saturated rings. The van der Waals surface area contributed by atoms with Crippen LogP contribution in [0.3, 0.4) is 0 Å². The van der Waals surface area contributed by atoms with Crippen LogP contribution in [0.5, 0.6) is 5.75 Å². The first-order valence-electron chi connectivity index (χ1n) is 5.63. The highest BCUT2D eigenvalue weighted by atomic mass is 16.5. The molecule has 0 spiro atoms. The van der Waals surface area contributed by atoms with E-state index in [0.717, 1.165) is 5.92 Å². The van der Waals surface area contributed by atoms with Gasteiger partial charge >= 0.3 is 5.97 Å². The molecule has 1 aliphatic carbocycles. The van der Waals surface area contributed by atoms with Crippen molar-refractivity contribution in [2.45, 2.75) is 19.8 Å². The summed E-state index contributed by atoms with van der Waals surface area (Å²) < 4.78 is 5.61. The summed E-state index contributed by atoms with van der Waals surface area (Å²) in [6.07, 6.45) is 2.50. The number of aromatic carboxylic acids is 1. The maximum absolute atomic E-state index is 10.8. The van der Waals surface area contributed by atoms with Gasteiger partial charge in [-0.25, -0.2) is 4.79 Å². The van der Waals surface area contributed by atoms with Crippen LogP contribution >= 0.6 is 0 Å². The number of carboxylic acid groups (broad SMARTS) is 1. The van der Waals surface area contributed by atoms with Gasteiger partial charge in [0.05, 0.1) is 12.2 Å². The molecule has 86 valence electrons. The molecule has 0 amide bonds. The van der Waals surface area contributed by atoms with Crippen LogP contribution in [0.4, 0.5) is 0 Å². The summed E-state index contributed by atoms with van der Waals surface area (Å²) in [5.74, 6) is 1.11. The molecule has 1 N–H and O–H groups in total. The SMILES string of the molecule is CC1CCC1COc1cccc(C(=O)O)c1. The van der Waals surface area contributed by atoms with Crippen LogP contribution in [-0.4, -0.2) is 17.7 Å². The van der Waals surface area contributed by atoms with Crippen LogP contribution in [0.15, 0.2) is 24.3 Å². The van der Waals surface area contributed by atoms with E-state index in [2.05, 4.69) is 6.92 Å². The second-order valence-corrected chi connectivity index (χ2v) is 4.46. The number of hydrogen-bond donors (Lipinski definition) is 1. The number of ether oxygens (including phenoxy) is 1. The summed E-state index contributed by atoms with van der Waals surface area (Å²) in [6.45, 7) is 2.93. The zero-order valence-electron chi connectivity index (χ0n) is 9.35. The Morgan fingerprint density at radius 1 is 1.50 bits per heavy atom. The van der Waals surface area contributed by atoms with Gasteiger partial charge < -0.3 is 9.84 Å². The van der Waals surface area contributed by atoms with E-state index >= 15 is 0 Å². The summed E-state index contributed by atoms with van der Waals surface area (Å²) >= 11 is 0. The van der Waals surface area contributed by atoms with Gasteiger partial charge in [0.25, 0.3) is 0 Å². The fourth-order valence-corrected chi connectivity index (χ4v) is 1.91. The van der Waals surface area contributed by atoms with Gasteiger partial charge in [-0.2, -0.15) is 0 Å². The van der Waals surface area contributed by atoms with Gasteiger partial charge in [0, 0.05) is 0 Å². The standard InChI is InChI=1S/C13H16O3/c1-9-5-6-11(9)8-16-12-4-2-3-10(7-12)13(14)15/h2-4,7,9,11H,5-6,8H2,1H3,(H,14,15). The van der Waals surface area contributed by atoms with Crippen LogP contribution in [0.1, 0.15) is 30.1 Å². The Morgan fingerprint density at radius 3 is 2.88 bits per heavy atom. The van der Waals surface area contributed by atoms with Crippen LogP contribution in [0, 0.1) is 11.8 Å². The third-order valence-corrected chi connectivity index (χ3v) is 3.34. The normalized spacial score (nSPS) is 23.6. The zero-order chi connectivity index (χ0) is 11.5. The van der Waals surface area contributed by atoms with E-state index in [1.165, 1.54) is 12.8 Å². The van der Waals surface area contributed by atoms with Crippen molar-refractivity contribution >= 4 is 5.97 Å². The summed E-state index contributed by atoms with van der Waals surface area (Å²) in [5, 5.41) is 8.83. The fraction of sp³-hybridized carbons (Fsp3) is 0.462. The largest absolute Gasteiger partial charge is 0.493 e. The van der Waals surface area contributed by atoms with Crippen molar-refractivity contribution in [1.82, 2.24) is 0 Å². The molecule has 3 nitrogen and oxygen atoms in total. The Labute approximate surface area is 95.0 Å². The topological polar surface area (TPSA) is 46.5 Å². The summed E-state index contributed by atoms with van der Waals surface area (Å²) in [7, 11) is 0. The molecule has 2 atom stereocenters. The van der Waals surface area contributed by atoms with E-state index < -0.39 is 5.97 Å². The van der Waals surface area contributed by atoms with Gasteiger partial charge in [-0.05, 0) is 42.9 Å². The molecule has 0 aromatic heterocycles. The van der Waals surface area contributed by atoms with Crippen molar-refractivity contribution in [3.63, 3.8) is 0 Å².